The number of aryl methyl sites for hydroxylation is 1. The van der Waals surface area contributed by atoms with Crippen molar-refractivity contribution in [1.82, 2.24) is 14.3 Å². The maximum Gasteiger partial charge on any atom is 0.267 e. The highest BCUT2D eigenvalue weighted by molar-refractivity contribution is 8.26. The van der Waals surface area contributed by atoms with E-state index in [1.54, 1.807) is 30.7 Å². The summed E-state index contributed by atoms with van der Waals surface area (Å²) < 4.78 is 13.2. The molecule has 3 aromatic rings. The van der Waals surface area contributed by atoms with Crippen LogP contribution < -0.4 is 10.5 Å². The van der Waals surface area contributed by atoms with Crippen LogP contribution in [0.4, 0.5) is 5.82 Å². The number of ether oxygens (including phenoxy) is 1. The molecule has 0 N–H and O–H groups in total. The summed E-state index contributed by atoms with van der Waals surface area (Å²) in [5, 5.41) is 0. The first-order chi connectivity index (χ1) is 16.3. The van der Waals surface area contributed by atoms with Crippen LogP contribution in [-0.2, 0) is 16.1 Å². The lowest BCUT2D eigenvalue weighted by atomic mass is 10.1. The largest absolute Gasteiger partial charge is 0.467 e. The highest BCUT2D eigenvalue weighted by Crippen LogP contribution is 2.35. The van der Waals surface area contributed by atoms with Crippen LogP contribution in [0.3, 0.4) is 0 Å². The van der Waals surface area contributed by atoms with Crippen LogP contribution in [0.2, 0.25) is 0 Å². The van der Waals surface area contributed by atoms with Crippen molar-refractivity contribution in [3.05, 3.63) is 68.9 Å². The van der Waals surface area contributed by atoms with Gasteiger partial charge in [-0.05, 0) is 50.6 Å². The molecule has 0 aliphatic carbocycles. The van der Waals surface area contributed by atoms with Crippen LogP contribution in [-0.4, -0.2) is 49.8 Å². The standard InChI is InChI=1S/C24H24N4O4S2/c1-14-6-4-8-27-20(14)25-21(26-11-15(2)32-16(3)12-26)18(22(27)29)10-19-23(30)28(24(33)34-19)13-17-7-5-9-31-17/h4-10,15-16H,11-13H2,1-3H3. The molecule has 2 atom stereocenters. The van der Waals surface area contributed by atoms with E-state index in [0.29, 0.717) is 45.1 Å². The molecule has 2 saturated heterocycles. The van der Waals surface area contributed by atoms with Gasteiger partial charge in [0.05, 0.1) is 35.5 Å². The van der Waals surface area contributed by atoms with Crippen LogP contribution >= 0.6 is 24.0 Å². The normalized spacial score (nSPS) is 22.4. The number of nitrogens with zero attached hydrogens (tertiary/aromatic N) is 4. The molecule has 1 amide bonds. The highest BCUT2D eigenvalue weighted by atomic mass is 32.2. The summed E-state index contributed by atoms with van der Waals surface area (Å²) in [6.07, 6.45) is 4.86. The summed E-state index contributed by atoms with van der Waals surface area (Å²) in [5.41, 5.74) is 1.62. The molecule has 0 spiro atoms. The number of thiocarbonyl (C=S) groups is 1. The van der Waals surface area contributed by atoms with Crippen molar-refractivity contribution in [2.45, 2.75) is 39.5 Å². The van der Waals surface area contributed by atoms with Gasteiger partial charge in [0.15, 0.2) is 0 Å². The minimum atomic E-state index is -0.255. The molecular weight excluding hydrogens is 472 g/mol. The van der Waals surface area contributed by atoms with Crippen molar-refractivity contribution in [2.75, 3.05) is 18.0 Å². The van der Waals surface area contributed by atoms with Crippen molar-refractivity contribution in [2.24, 2.45) is 0 Å². The zero-order chi connectivity index (χ0) is 24.0. The van der Waals surface area contributed by atoms with Gasteiger partial charge in [0, 0.05) is 19.3 Å². The molecule has 5 heterocycles. The Morgan fingerprint density at radius 2 is 1.97 bits per heavy atom. The van der Waals surface area contributed by atoms with E-state index in [2.05, 4.69) is 4.90 Å². The Hall–Kier alpha value is -2.95. The van der Waals surface area contributed by atoms with Gasteiger partial charge in [-0.25, -0.2) is 4.98 Å². The van der Waals surface area contributed by atoms with Gasteiger partial charge in [0.1, 0.15) is 21.5 Å². The first-order valence-electron chi connectivity index (χ1n) is 11.0. The fourth-order valence-corrected chi connectivity index (χ4v) is 5.58. The second-order valence-corrected chi connectivity index (χ2v) is 10.2. The first-order valence-corrected chi connectivity index (χ1v) is 12.2. The monoisotopic (exact) mass is 496 g/mol. The molecule has 176 valence electrons. The summed E-state index contributed by atoms with van der Waals surface area (Å²) in [6, 6.07) is 7.30. The molecule has 3 aromatic heterocycles. The van der Waals surface area contributed by atoms with E-state index in [1.807, 2.05) is 32.9 Å². The van der Waals surface area contributed by atoms with Crippen molar-refractivity contribution in [3.63, 3.8) is 0 Å². The van der Waals surface area contributed by atoms with Crippen molar-refractivity contribution in [3.8, 4) is 0 Å². The summed E-state index contributed by atoms with van der Waals surface area (Å²) >= 11 is 6.64. The number of carbonyl (C=O) groups is 1. The lowest BCUT2D eigenvalue weighted by Crippen LogP contribution is -2.46. The number of pyridine rings is 1. The molecule has 8 nitrogen and oxygen atoms in total. The molecule has 34 heavy (non-hydrogen) atoms. The molecule has 0 radical (unpaired) electrons. The summed E-state index contributed by atoms with van der Waals surface area (Å²) in [6.45, 7) is 7.37. The Morgan fingerprint density at radius 3 is 2.68 bits per heavy atom. The van der Waals surface area contributed by atoms with Crippen molar-refractivity contribution < 1.29 is 13.9 Å². The van der Waals surface area contributed by atoms with Crippen LogP contribution in [0.15, 0.2) is 50.8 Å². The quantitative estimate of drug-likeness (QED) is 0.400. The van der Waals surface area contributed by atoms with Crippen LogP contribution in [0.5, 0.6) is 0 Å². The van der Waals surface area contributed by atoms with Crippen LogP contribution in [0.25, 0.3) is 11.7 Å². The molecular formula is C24H24N4O4S2. The number of carbonyl (C=O) groups excluding carboxylic acids is 1. The number of morpholine rings is 1. The van der Waals surface area contributed by atoms with Crippen LogP contribution in [0, 0.1) is 6.92 Å². The number of fused-ring (bicyclic) bond motifs is 1. The third-order valence-electron chi connectivity index (χ3n) is 5.83. The van der Waals surface area contributed by atoms with Crippen molar-refractivity contribution >= 4 is 51.7 Å². The molecule has 2 fully saturated rings. The lowest BCUT2D eigenvalue weighted by molar-refractivity contribution is -0.122. The number of anilines is 1. The van der Waals surface area contributed by atoms with E-state index in [4.69, 9.17) is 26.4 Å². The Balaban J connectivity index is 1.61. The van der Waals surface area contributed by atoms with E-state index in [0.717, 1.165) is 5.56 Å². The molecule has 2 aliphatic rings. The maximum absolute atomic E-state index is 13.7. The van der Waals surface area contributed by atoms with Gasteiger partial charge < -0.3 is 14.1 Å². The average Bonchev–Trinajstić information content (AvgIpc) is 3.39. The molecule has 2 unspecified atom stereocenters. The number of hydrogen-bond donors (Lipinski definition) is 0. The lowest BCUT2D eigenvalue weighted by Gasteiger charge is -2.36. The topological polar surface area (TPSA) is 80.3 Å². The Kier molecular flexibility index (Phi) is 6.05. The Morgan fingerprint density at radius 1 is 1.21 bits per heavy atom. The van der Waals surface area contributed by atoms with E-state index >= 15 is 0 Å². The third kappa shape index (κ3) is 4.17. The van der Waals surface area contributed by atoms with Gasteiger partial charge in [0.25, 0.3) is 11.5 Å². The molecule has 0 bridgehead atoms. The Labute approximate surface area is 206 Å². The first kappa shape index (κ1) is 22.8. The number of thioether (sulfide) groups is 1. The summed E-state index contributed by atoms with van der Waals surface area (Å²) in [4.78, 5) is 35.7. The molecule has 5 rings (SSSR count). The second-order valence-electron chi connectivity index (χ2n) is 8.55. The summed E-state index contributed by atoms with van der Waals surface area (Å²) in [5.74, 6) is 0.935. The third-order valence-corrected chi connectivity index (χ3v) is 7.20. The van der Waals surface area contributed by atoms with E-state index in [1.165, 1.54) is 21.1 Å². The molecule has 0 aromatic carbocycles. The number of aromatic nitrogens is 2. The van der Waals surface area contributed by atoms with Crippen molar-refractivity contribution in [1.29, 1.82) is 0 Å². The van der Waals surface area contributed by atoms with Gasteiger partial charge in [-0.1, -0.05) is 30.0 Å². The van der Waals surface area contributed by atoms with E-state index < -0.39 is 0 Å². The number of amides is 1. The van der Waals surface area contributed by atoms with E-state index in [9.17, 15) is 9.59 Å². The highest BCUT2D eigenvalue weighted by Gasteiger charge is 2.34. The SMILES string of the molecule is Cc1cccn2c(=O)c(C=C3SC(=S)N(Cc4ccco4)C3=O)c(N3CC(C)OC(C)C3)nc12. The van der Waals surface area contributed by atoms with Gasteiger partial charge in [-0.3, -0.25) is 18.9 Å². The van der Waals surface area contributed by atoms with Gasteiger partial charge in [-0.2, -0.15) is 0 Å². The van der Waals surface area contributed by atoms with Gasteiger partial charge in [0.2, 0.25) is 0 Å². The fourth-order valence-electron chi connectivity index (χ4n) is 4.34. The zero-order valence-corrected chi connectivity index (χ0v) is 20.7. The molecule has 10 heteroatoms. The average molecular weight is 497 g/mol. The zero-order valence-electron chi connectivity index (χ0n) is 19.1. The predicted molar refractivity (Wildman–Crippen MR) is 136 cm³/mol. The maximum atomic E-state index is 13.7. The van der Waals surface area contributed by atoms with Crippen LogP contribution in [0.1, 0.15) is 30.7 Å². The van der Waals surface area contributed by atoms with Gasteiger partial charge in [-0.15, -0.1) is 0 Å². The minimum Gasteiger partial charge on any atom is -0.467 e. The second kappa shape index (κ2) is 9.01. The molecule has 2 aliphatic heterocycles. The number of hydrogen-bond acceptors (Lipinski definition) is 8. The number of rotatable bonds is 4. The van der Waals surface area contributed by atoms with E-state index in [-0.39, 0.29) is 30.2 Å². The molecule has 0 saturated carbocycles. The Bertz CT molecular complexity index is 1360. The predicted octanol–water partition coefficient (Wildman–Crippen LogP) is 3.61. The number of furan rings is 1. The minimum absolute atomic E-state index is 0.0137. The smallest absolute Gasteiger partial charge is 0.267 e. The summed E-state index contributed by atoms with van der Waals surface area (Å²) in [7, 11) is 0. The fraction of sp³-hybridized carbons (Fsp3) is 0.333. The van der Waals surface area contributed by atoms with Gasteiger partial charge >= 0.3 is 0 Å².